The van der Waals surface area contributed by atoms with E-state index in [0.717, 1.165) is 18.8 Å². The molecule has 0 saturated heterocycles. The van der Waals surface area contributed by atoms with Gasteiger partial charge >= 0.3 is 0 Å². The van der Waals surface area contributed by atoms with E-state index in [4.69, 9.17) is 5.73 Å². The molecule has 2 aromatic rings. The van der Waals surface area contributed by atoms with Crippen molar-refractivity contribution in [1.82, 2.24) is 4.98 Å². The lowest BCUT2D eigenvalue weighted by molar-refractivity contribution is 0.870. The molecule has 0 aromatic carbocycles. The highest BCUT2D eigenvalue weighted by molar-refractivity contribution is 7.09. The van der Waals surface area contributed by atoms with Gasteiger partial charge in [-0.05, 0) is 30.0 Å². The molecule has 0 aliphatic heterocycles. The Kier molecular flexibility index (Phi) is 3.41. The van der Waals surface area contributed by atoms with Gasteiger partial charge in [0, 0.05) is 18.5 Å². The highest BCUT2D eigenvalue weighted by Gasteiger charge is 2.03. The minimum absolute atomic E-state index is 0.570. The molecule has 4 heteroatoms. The van der Waals surface area contributed by atoms with Crippen LogP contribution in [0.1, 0.15) is 4.88 Å². The summed E-state index contributed by atoms with van der Waals surface area (Å²) in [6, 6.07) is 9.95. The molecular formula is C12H15N3S. The third-order valence-electron chi connectivity index (χ3n) is 2.42. The number of rotatable bonds is 4. The highest BCUT2D eigenvalue weighted by Crippen LogP contribution is 2.13. The van der Waals surface area contributed by atoms with Crippen LogP contribution in [0.3, 0.4) is 0 Å². The Hall–Kier alpha value is -1.55. The van der Waals surface area contributed by atoms with E-state index >= 15 is 0 Å². The number of hydrogen-bond donors (Lipinski definition) is 1. The van der Waals surface area contributed by atoms with Gasteiger partial charge in [0.2, 0.25) is 0 Å². The Labute approximate surface area is 99.5 Å². The monoisotopic (exact) mass is 233 g/mol. The summed E-state index contributed by atoms with van der Waals surface area (Å²) < 4.78 is 0. The van der Waals surface area contributed by atoms with E-state index in [9.17, 15) is 0 Å². The summed E-state index contributed by atoms with van der Waals surface area (Å²) in [5.74, 6) is 1.50. The minimum atomic E-state index is 0.570. The van der Waals surface area contributed by atoms with E-state index in [1.165, 1.54) is 4.88 Å². The summed E-state index contributed by atoms with van der Waals surface area (Å²) in [5.41, 5.74) is 5.65. The van der Waals surface area contributed by atoms with Crippen molar-refractivity contribution in [3.63, 3.8) is 0 Å². The summed E-state index contributed by atoms with van der Waals surface area (Å²) in [6.45, 7) is 0.955. The van der Waals surface area contributed by atoms with Crippen LogP contribution in [0, 0.1) is 0 Å². The molecule has 84 valence electrons. The van der Waals surface area contributed by atoms with E-state index in [0.29, 0.717) is 5.82 Å². The van der Waals surface area contributed by atoms with Crippen molar-refractivity contribution in [2.24, 2.45) is 0 Å². The summed E-state index contributed by atoms with van der Waals surface area (Å²) in [6.07, 6.45) is 1.05. The highest BCUT2D eigenvalue weighted by atomic mass is 32.1. The molecule has 2 heterocycles. The lowest BCUT2D eigenvalue weighted by atomic mass is 10.3. The molecule has 0 aliphatic rings. The Morgan fingerprint density at radius 3 is 2.88 bits per heavy atom. The molecule has 0 atom stereocenters. The first-order chi connectivity index (χ1) is 7.75. The quantitative estimate of drug-likeness (QED) is 0.881. The molecule has 16 heavy (non-hydrogen) atoms. The predicted molar refractivity (Wildman–Crippen MR) is 69.9 cm³/mol. The number of pyridine rings is 1. The molecule has 2 aromatic heterocycles. The summed E-state index contributed by atoms with van der Waals surface area (Å²) in [4.78, 5) is 7.80. The molecule has 0 radical (unpaired) electrons. The minimum Gasteiger partial charge on any atom is -0.384 e. The number of hydrogen-bond acceptors (Lipinski definition) is 4. The van der Waals surface area contributed by atoms with Gasteiger partial charge in [-0.2, -0.15) is 0 Å². The van der Waals surface area contributed by atoms with Crippen LogP contribution < -0.4 is 10.6 Å². The number of anilines is 2. The Morgan fingerprint density at radius 2 is 2.19 bits per heavy atom. The van der Waals surface area contributed by atoms with Gasteiger partial charge < -0.3 is 10.6 Å². The van der Waals surface area contributed by atoms with Gasteiger partial charge in [0.15, 0.2) is 0 Å². The normalized spacial score (nSPS) is 10.3. The Bertz CT molecular complexity index is 439. The van der Waals surface area contributed by atoms with Crippen LogP contribution in [0.4, 0.5) is 11.6 Å². The molecule has 0 spiro atoms. The van der Waals surface area contributed by atoms with E-state index in [1.54, 1.807) is 17.4 Å². The first-order valence-electron chi connectivity index (χ1n) is 5.22. The van der Waals surface area contributed by atoms with Crippen molar-refractivity contribution < 1.29 is 0 Å². The van der Waals surface area contributed by atoms with Crippen molar-refractivity contribution >= 4 is 23.0 Å². The molecule has 2 rings (SSSR count). The Balaban J connectivity index is 1.95. The van der Waals surface area contributed by atoms with E-state index in [1.807, 2.05) is 19.2 Å². The van der Waals surface area contributed by atoms with Crippen LogP contribution >= 0.6 is 11.3 Å². The third kappa shape index (κ3) is 2.73. The largest absolute Gasteiger partial charge is 0.384 e. The van der Waals surface area contributed by atoms with Crippen LogP contribution in [-0.2, 0) is 6.42 Å². The fraction of sp³-hybridized carbons (Fsp3) is 0.250. The van der Waals surface area contributed by atoms with Gasteiger partial charge in [0.05, 0.1) is 0 Å². The standard InChI is InChI=1S/C12H15N3S/c1-15(8-7-10-4-3-9-16-10)12-6-2-5-11(13)14-12/h2-6,9H,7-8H2,1H3,(H2,13,14). The summed E-state index contributed by atoms with van der Waals surface area (Å²) in [7, 11) is 2.04. The zero-order valence-electron chi connectivity index (χ0n) is 9.26. The number of nitrogens with two attached hydrogens (primary N) is 1. The third-order valence-corrected chi connectivity index (χ3v) is 3.36. The average Bonchev–Trinajstić information content (AvgIpc) is 2.78. The first kappa shape index (κ1) is 11.0. The lowest BCUT2D eigenvalue weighted by Gasteiger charge is -2.17. The van der Waals surface area contributed by atoms with Gasteiger partial charge in [-0.15, -0.1) is 11.3 Å². The molecule has 0 bridgehead atoms. The predicted octanol–water partition coefficient (Wildman–Crippen LogP) is 2.40. The average molecular weight is 233 g/mol. The molecule has 0 aliphatic carbocycles. The maximum atomic E-state index is 5.65. The van der Waals surface area contributed by atoms with Crippen LogP contribution in [0.15, 0.2) is 35.7 Å². The SMILES string of the molecule is CN(CCc1cccs1)c1cccc(N)n1. The van der Waals surface area contributed by atoms with Gasteiger partial charge in [-0.25, -0.2) is 4.98 Å². The first-order valence-corrected chi connectivity index (χ1v) is 6.10. The molecule has 0 unspecified atom stereocenters. The maximum Gasteiger partial charge on any atom is 0.130 e. The van der Waals surface area contributed by atoms with E-state index in [-0.39, 0.29) is 0 Å². The van der Waals surface area contributed by atoms with Crippen LogP contribution in [0.5, 0.6) is 0 Å². The van der Waals surface area contributed by atoms with E-state index < -0.39 is 0 Å². The molecular weight excluding hydrogens is 218 g/mol. The van der Waals surface area contributed by atoms with Crippen LogP contribution in [-0.4, -0.2) is 18.6 Å². The fourth-order valence-electron chi connectivity index (χ4n) is 1.50. The van der Waals surface area contributed by atoms with Gasteiger partial charge in [-0.1, -0.05) is 12.1 Å². The molecule has 2 N–H and O–H groups in total. The second-order valence-corrected chi connectivity index (χ2v) is 4.70. The topological polar surface area (TPSA) is 42.1 Å². The number of nitrogen functional groups attached to an aromatic ring is 1. The molecule has 0 fully saturated rings. The van der Waals surface area contributed by atoms with Crippen molar-refractivity contribution in [2.75, 3.05) is 24.2 Å². The molecule has 0 amide bonds. The summed E-state index contributed by atoms with van der Waals surface area (Å²) >= 11 is 1.79. The molecule has 3 nitrogen and oxygen atoms in total. The Morgan fingerprint density at radius 1 is 1.31 bits per heavy atom. The second kappa shape index (κ2) is 4.99. The lowest BCUT2D eigenvalue weighted by Crippen LogP contribution is -2.21. The second-order valence-electron chi connectivity index (χ2n) is 3.67. The number of thiophene rings is 1. The fourth-order valence-corrected chi connectivity index (χ4v) is 2.20. The maximum absolute atomic E-state index is 5.65. The van der Waals surface area contributed by atoms with E-state index in [2.05, 4.69) is 27.4 Å². The van der Waals surface area contributed by atoms with Gasteiger partial charge in [-0.3, -0.25) is 0 Å². The van der Waals surface area contributed by atoms with Crippen LogP contribution in [0.2, 0.25) is 0 Å². The number of aromatic nitrogens is 1. The van der Waals surface area contributed by atoms with Crippen molar-refractivity contribution in [1.29, 1.82) is 0 Å². The van der Waals surface area contributed by atoms with Crippen molar-refractivity contribution in [3.05, 3.63) is 40.6 Å². The zero-order chi connectivity index (χ0) is 11.4. The van der Waals surface area contributed by atoms with Crippen LogP contribution in [0.25, 0.3) is 0 Å². The van der Waals surface area contributed by atoms with Gasteiger partial charge in [0.25, 0.3) is 0 Å². The van der Waals surface area contributed by atoms with Crippen molar-refractivity contribution in [3.8, 4) is 0 Å². The van der Waals surface area contributed by atoms with Crippen molar-refractivity contribution in [2.45, 2.75) is 6.42 Å². The molecule has 0 saturated carbocycles. The zero-order valence-corrected chi connectivity index (χ0v) is 10.1. The number of likely N-dealkylation sites (N-methyl/N-ethyl adjacent to an activating group) is 1. The smallest absolute Gasteiger partial charge is 0.130 e. The summed E-state index contributed by atoms with van der Waals surface area (Å²) in [5, 5.41) is 2.11. The van der Waals surface area contributed by atoms with Gasteiger partial charge in [0.1, 0.15) is 11.6 Å². The number of nitrogens with zero attached hydrogens (tertiary/aromatic N) is 2.